The summed E-state index contributed by atoms with van der Waals surface area (Å²) in [6, 6.07) is 7.11. The number of nitrogens with one attached hydrogen (secondary N) is 1. The lowest BCUT2D eigenvalue weighted by molar-refractivity contribution is -0.141. The van der Waals surface area contributed by atoms with Crippen LogP contribution in [0.1, 0.15) is 38.8 Å². The summed E-state index contributed by atoms with van der Waals surface area (Å²) >= 11 is 0. The Balaban J connectivity index is 2.55. The van der Waals surface area contributed by atoms with Crippen LogP contribution >= 0.6 is 0 Å². The molecular weight excluding hydrogens is 296 g/mol. The van der Waals surface area contributed by atoms with Crippen molar-refractivity contribution in [3.05, 3.63) is 29.8 Å². The van der Waals surface area contributed by atoms with Crippen LogP contribution in [0.15, 0.2) is 24.3 Å². The first kappa shape index (κ1) is 18.8. The first-order chi connectivity index (χ1) is 10.8. The van der Waals surface area contributed by atoms with E-state index >= 15 is 0 Å². The van der Waals surface area contributed by atoms with E-state index in [0.29, 0.717) is 6.61 Å². The molecule has 0 fully saturated rings. The van der Waals surface area contributed by atoms with Crippen molar-refractivity contribution in [2.75, 3.05) is 20.2 Å². The highest BCUT2D eigenvalue weighted by molar-refractivity contribution is 5.76. The summed E-state index contributed by atoms with van der Waals surface area (Å²) < 4.78 is 5.52. The Bertz CT molecular complexity index is 516. The highest BCUT2D eigenvalue weighted by atomic mass is 16.5. The summed E-state index contributed by atoms with van der Waals surface area (Å²) in [6.07, 6.45) is 0.954. The van der Waals surface area contributed by atoms with Gasteiger partial charge in [-0.3, -0.25) is 4.79 Å². The average Bonchev–Trinajstić information content (AvgIpc) is 2.52. The van der Waals surface area contributed by atoms with Crippen LogP contribution in [0.3, 0.4) is 0 Å². The Kier molecular flexibility index (Phi) is 7.38. The van der Waals surface area contributed by atoms with Gasteiger partial charge in [-0.05, 0) is 31.0 Å². The fourth-order valence-electron chi connectivity index (χ4n) is 2.02. The van der Waals surface area contributed by atoms with E-state index in [4.69, 9.17) is 9.84 Å². The van der Waals surface area contributed by atoms with Crippen LogP contribution in [0.5, 0.6) is 5.75 Å². The van der Waals surface area contributed by atoms with Gasteiger partial charge in [0.2, 0.25) is 0 Å². The fraction of sp³-hybridized carbons (Fsp3) is 0.529. The third-order valence-electron chi connectivity index (χ3n) is 3.51. The molecule has 1 aromatic carbocycles. The maximum Gasteiger partial charge on any atom is 0.317 e. The Labute approximate surface area is 137 Å². The SMILES string of the molecule is CCCOc1ccc(C(C)NC(=O)N(C)CC(C)C(=O)O)cc1. The predicted molar refractivity (Wildman–Crippen MR) is 88.6 cm³/mol. The minimum atomic E-state index is -0.916. The van der Waals surface area contributed by atoms with Gasteiger partial charge in [0.15, 0.2) is 0 Å². The average molecular weight is 322 g/mol. The Morgan fingerprint density at radius 3 is 2.39 bits per heavy atom. The molecule has 0 aliphatic heterocycles. The lowest BCUT2D eigenvalue weighted by atomic mass is 10.1. The predicted octanol–water partition coefficient (Wildman–Crippen LogP) is 2.90. The molecule has 2 N–H and O–H groups in total. The number of urea groups is 1. The molecule has 0 bridgehead atoms. The van der Waals surface area contributed by atoms with Gasteiger partial charge < -0.3 is 20.1 Å². The van der Waals surface area contributed by atoms with Crippen LogP contribution in [-0.2, 0) is 4.79 Å². The normalized spacial score (nSPS) is 13.0. The van der Waals surface area contributed by atoms with Gasteiger partial charge in [-0.1, -0.05) is 26.0 Å². The van der Waals surface area contributed by atoms with Crippen LogP contribution in [0.2, 0.25) is 0 Å². The minimum Gasteiger partial charge on any atom is -0.494 e. The fourth-order valence-corrected chi connectivity index (χ4v) is 2.02. The van der Waals surface area contributed by atoms with E-state index in [2.05, 4.69) is 5.32 Å². The first-order valence-electron chi connectivity index (χ1n) is 7.82. The number of hydrogen-bond donors (Lipinski definition) is 2. The van der Waals surface area contributed by atoms with Gasteiger partial charge >= 0.3 is 12.0 Å². The van der Waals surface area contributed by atoms with Crippen LogP contribution in [0.4, 0.5) is 4.79 Å². The molecule has 6 heteroatoms. The Morgan fingerprint density at radius 2 is 1.87 bits per heavy atom. The molecule has 1 rings (SSSR count). The quantitative estimate of drug-likeness (QED) is 0.771. The number of carbonyl (C=O) groups is 2. The molecule has 2 unspecified atom stereocenters. The van der Waals surface area contributed by atoms with Gasteiger partial charge in [0.25, 0.3) is 0 Å². The number of rotatable bonds is 8. The summed E-state index contributed by atoms with van der Waals surface area (Å²) in [6.45, 7) is 6.35. The van der Waals surface area contributed by atoms with Crippen molar-refractivity contribution >= 4 is 12.0 Å². The van der Waals surface area contributed by atoms with E-state index in [1.807, 2.05) is 38.1 Å². The van der Waals surface area contributed by atoms with E-state index in [-0.39, 0.29) is 18.6 Å². The Hall–Kier alpha value is -2.24. The topological polar surface area (TPSA) is 78.9 Å². The number of benzene rings is 1. The molecule has 0 saturated heterocycles. The molecule has 0 saturated carbocycles. The molecule has 2 atom stereocenters. The number of hydrogen-bond acceptors (Lipinski definition) is 3. The number of nitrogens with zero attached hydrogens (tertiary/aromatic N) is 1. The van der Waals surface area contributed by atoms with Crippen molar-refractivity contribution in [2.45, 2.75) is 33.2 Å². The molecule has 0 aliphatic carbocycles. The minimum absolute atomic E-state index is 0.164. The Morgan fingerprint density at radius 1 is 1.26 bits per heavy atom. The zero-order valence-electron chi connectivity index (χ0n) is 14.2. The van der Waals surface area contributed by atoms with Gasteiger partial charge in [-0.2, -0.15) is 0 Å². The maximum absolute atomic E-state index is 12.1. The number of ether oxygens (including phenoxy) is 1. The monoisotopic (exact) mass is 322 g/mol. The molecule has 23 heavy (non-hydrogen) atoms. The van der Waals surface area contributed by atoms with Gasteiger partial charge in [-0.15, -0.1) is 0 Å². The highest BCUT2D eigenvalue weighted by Crippen LogP contribution is 2.18. The summed E-state index contributed by atoms with van der Waals surface area (Å²) in [5.41, 5.74) is 0.960. The molecule has 2 amide bonds. The molecule has 6 nitrogen and oxygen atoms in total. The standard InChI is InChI=1S/C17H26N2O4/c1-5-10-23-15-8-6-14(7-9-15)13(3)18-17(22)19(4)11-12(2)16(20)21/h6-9,12-13H,5,10-11H2,1-4H3,(H,18,22)(H,20,21). The molecule has 0 spiro atoms. The molecule has 0 radical (unpaired) electrons. The maximum atomic E-state index is 12.1. The number of aliphatic carboxylic acids is 1. The van der Waals surface area contributed by atoms with Gasteiger partial charge in [0.05, 0.1) is 18.6 Å². The molecule has 128 valence electrons. The van der Waals surface area contributed by atoms with Crippen molar-refractivity contribution in [3.8, 4) is 5.75 Å². The van der Waals surface area contributed by atoms with Crippen molar-refractivity contribution in [1.82, 2.24) is 10.2 Å². The zero-order valence-corrected chi connectivity index (χ0v) is 14.2. The van der Waals surface area contributed by atoms with E-state index in [1.165, 1.54) is 4.90 Å². The number of carboxylic acid groups (broad SMARTS) is 1. The van der Waals surface area contributed by atoms with Crippen molar-refractivity contribution in [3.63, 3.8) is 0 Å². The lowest BCUT2D eigenvalue weighted by Gasteiger charge is -2.23. The summed E-state index contributed by atoms with van der Waals surface area (Å²) in [5, 5.41) is 11.7. The van der Waals surface area contributed by atoms with E-state index in [9.17, 15) is 9.59 Å². The molecule has 0 aliphatic rings. The zero-order chi connectivity index (χ0) is 17.4. The largest absolute Gasteiger partial charge is 0.494 e. The van der Waals surface area contributed by atoms with Gasteiger partial charge in [-0.25, -0.2) is 4.79 Å². The van der Waals surface area contributed by atoms with Crippen molar-refractivity contribution < 1.29 is 19.4 Å². The number of carbonyl (C=O) groups excluding carboxylic acids is 1. The smallest absolute Gasteiger partial charge is 0.317 e. The van der Waals surface area contributed by atoms with E-state index < -0.39 is 11.9 Å². The second-order valence-corrected chi connectivity index (χ2v) is 5.71. The number of carboxylic acids is 1. The summed E-state index contributed by atoms with van der Waals surface area (Å²) in [5.74, 6) is -0.710. The molecule has 0 aromatic heterocycles. The third kappa shape index (κ3) is 6.18. The second-order valence-electron chi connectivity index (χ2n) is 5.71. The van der Waals surface area contributed by atoms with E-state index in [1.54, 1.807) is 14.0 Å². The first-order valence-corrected chi connectivity index (χ1v) is 7.82. The highest BCUT2D eigenvalue weighted by Gasteiger charge is 2.18. The molecule has 0 heterocycles. The number of amides is 2. The van der Waals surface area contributed by atoms with E-state index in [0.717, 1.165) is 17.7 Å². The van der Waals surface area contributed by atoms with Crippen LogP contribution in [0, 0.1) is 5.92 Å². The van der Waals surface area contributed by atoms with Gasteiger partial charge in [0.1, 0.15) is 5.75 Å². The summed E-state index contributed by atoms with van der Waals surface area (Å²) in [4.78, 5) is 24.3. The second kappa shape index (κ2) is 9.02. The van der Waals surface area contributed by atoms with Crippen LogP contribution < -0.4 is 10.1 Å². The van der Waals surface area contributed by atoms with Gasteiger partial charge in [0, 0.05) is 13.6 Å². The van der Waals surface area contributed by atoms with Crippen LogP contribution in [-0.4, -0.2) is 42.2 Å². The molecule has 1 aromatic rings. The summed E-state index contributed by atoms with van der Waals surface area (Å²) in [7, 11) is 1.59. The molecular formula is C17H26N2O4. The van der Waals surface area contributed by atoms with Crippen LogP contribution in [0.25, 0.3) is 0 Å². The van der Waals surface area contributed by atoms with Crippen molar-refractivity contribution in [1.29, 1.82) is 0 Å². The lowest BCUT2D eigenvalue weighted by Crippen LogP contribution is -2.41. The third-order valence-corrected chi connectivity index (χ3v) is 3.51. The van der Waals surface area contributed by atoms with Crippen molar-refractivity contribution in [2.24, 2.45) is 5.92 Å².